The van der Waals surface area contributed by atoms with Crippen molar-refractivity contribution in [2.75, 3.05) is 13.2 Å². The van der Waals surface area contributed by atoms with Crippen LogP contribution < -0.4 is 5.73 Å². The van der Waals surface area contributed by atoms with Gasteiger partial charge in [-0.1, -0.05) is 20.8 Å². The monoisotopic (exact) mass is 243 g/mol. The van der Waals surface area contributed by atoms with E-state index in [0.29, 0.717) is 16.7 Å². The summed E-state index contributed by atoms with van der Waals surface area (Å²) in [4.78, 5) is 0. The predicted octanol–water partition coefficient (Wildman–Crippen LogP) is 2.66. The average molecular weight is 243 g/mol. The molecule has 0 radical (unpaired) electrons. The number of ether oxygens (including phenoxy) is 1. The summed E-state index contributed by atoms with van der Waals surface area (Å²) in [6.07, 6.45) is 3.81. The van der Waals surface area contributed by atoms with Gasteiger partial charge in [0, 0.05) is 11.3 Å². The molecule has 1 saturated heterocycles. The molecule has 16 heavy (non-hydrogen) atoms. The summed E-state index contributed by atoms with van der Waals surface area (Å²) in [6.45, 7) is 8.97. The summed E-state index contributed by atoms with van der Waals surface area (Å²) in [5.74, 6) is 0.839. The lowest BCUT2D eigenvalue weighted by Gasteiger charge is -2.42. The van der Waals surface area contributed by atoms with E-state index in [1.165, 1.54) is 19.3 Å². The minimum Gasteiger partial charge on any atom is -0.379 e. The second kappa shape index (κ2) is 4.87. The van der Waals surface area contributed by atoms with Gasteiger partial charge in [-0.25, -0.2) is 0 Å². The quantitative estimate of drug-likeness (QED) is 0.810. The Kier molecular flexibility index (Phi) is 3.87. The number of nitrogens with two attached hydrogens (primary N) is 1. The Labute approximate surface area is 104 Å². The lowest BCUT2D eigenvalue weighted by molar-refractivity contribution is 0.0448. The van der Waals surface area contributed by atoms with Crippen molar-refractivity contribution in [3.63, 3.8) is 0 Å². The van der Waals surface area contributed by atoms with E-state index in [4.69, 9.17) is 10.5 Å². The highest BCUT2D eigenvalue weighted by Gasteiger charge is 2.36. The van der Waals surface area contributed by atoms with Gasteiger partial charge >= 0.3 is 0 Å². The summed E-state index contributed by atoms with van der Waals surface area (Å²) in [5, 5.41) is 1.38. The van der Waals surface area contributed by atoms with Gasteiger partial charge in [-0.05, 0) is 30.6 Å². The third-order valence-corrected chi connectivity index (χ3v) is 5.59. The fraction of sp³-hybridized carbons (Fsp3) is 1.00. The summed E-state index contributed by atoms with van der Waals surface area (Å²) in [5.41, 5.74) is 6.69. The smallest absolute Gasteiger partial charge is 0.0608 e. The number of rotatable bonds is 2. The Hall–Kier alpha value is 0.270. The molecule has 1 heterocycles. The Balaban J connectivity index is 1.89. The maximum absolute atomic E-state index is 6.25. The highest BCUT2D eigenvalue weighted by molar-refractivity contribution is 8.00. The largest absolute Gasteiger partial charge is 0.379 e. The summed E-state index contributed by atoms with van der Waals surface area (Å²) in [6, 6.07) is 0.407. The van der Waals surface area contributed by atoms with Gasteiger partial charge in [-0.3, -0.25) is 0 Å². The van der Waals surface area contributed by atoms with E-state index in [0.717, 1.165) is 24.4 Å². The molecular weight excluding hydrogens is 218 g/mol. The van der Waals surface area contributed by atoms with Gasteiger partial charge in [0.25, 0.3) is 0 Å². The van der Waals surface area contributed by atoms with Crippen LogP contribution in [-0.4, -0.2) is 29.8 Å². The molecule has 0 amide bonds. The fourth-order valence-corrected chi connectivity index (χ4v) is 4.16. The van der Waals surface area contributed by atoms with Crippen molar-refractivity contribution in [2.24, 2.45) is 17.1 Å². The van der Waals surface area contributed by atoms with Crippen LogP contribution in [0.4, 0.5) is 0 Å². The van der Waals surface area contributed by atoms with Crippen molar-refractivity contribution in [1.82, 2.24) is 0 Å². The van der Waals surface area contributed by atoms with Crippen LogP contribution in [0.25, 0.3) is 0 Å². The molecule has 1 aliphatic carbocycles. The number of hydrogen-bond donors (Lipinski definition) is 1. The lowest BCUT2D eigenvalue weighted by atomic mass is 9.71. The molecule has 1 saturated carbocycles. The average Bonchev–Trinajstić information content (AvgIpc) is 2.11. The lowest BCUT2D eigenvalue weighted by Crippen LogP contribution is -2.44. The van der Waals surface area contributed by atoms with Crippen LogP contribution >= 0.6 is 11.8 Å². The van der Waals surface area contributed by atoms with E-state index in [2.05, 4.69) is 32.5 Å². The first-order chi connectivity index (χ1) is 7.47. The van der Waals surface area contributed by atoms with Crippen molar-refractivity contribution in [3.05, 3.63) is 0 Å². The van der Waals surface area contributed by atoms with Gasteiger partial charge in [0.2, 0.25) is 0 Å². The molecule has 1 aliphatic heterocycles. The predicted molar refractivity (Wildman–Crippen MR) is 70.8 cm³/mol. The van der Waals surface area contributed by atoms with Crippen LogP contribution in [0.2, 0.25) is 0 Å². The van der Waals surface area contributed by atoms with E-state index in [1.54, 1.807) is 0 Å². The third-order valence-electron chi connectivity index (χ3n) is 4.04. The normalized spacial score (nSPS) is 37.1. The Bertz CT molecular complexity index is 235. The van der Waals surface area contributed by atoms with Gasteiger partial charge in [0.1, 0.15) is 0 Å². The Morgan fingerprint density at radius 1 is 1.19 bits per heavy atom. The van der Waals surface area contributed by atoms with Crippen molar-refractivity contribution >= 4 is 11.8 Å². The van der Waals surface area contributed by atoms with E-state index in [-0.39, 0.29) is 0 Å². The first-order valence-electron chi connectivity index (χ1n) is 6.45. The second-order valence-electron chi connectivity index (χ2n) is 6.37. The highest BCUT2D eigenvalue weighted by Crippen LogP contribution is 2.42. The standard InChI is InChI=1S/C13H25NOS/c1-13(2,3)9-4-5-11(14)12(6-9)16-10-7-15-8-10/h9-12H,4-8,14H2,1-3H3. The zero-order valence-electron chi connectivity index (χ0n) is 10.7. The first kappa shape index (κ1) is 12.7. The number of hydrogen-bond acceptors (Lipinski definition) is 3. The molecule has 3 unspecified atom stereocenters. The molecule has 94 valence electrons. The summed E-state index contributed by atoms with van der Waals surface area (Å²) >= 11 is 2.09. The van der Waals surface area contributed by atoms with Gasteiger partial charge in [0.05, 0.1) is 18.5 Å². The fourth-order valence-electron chi connectivity index (χ4n) is 2.64. The van der Waals surface area contributed by atoms with Crippen LogP contribution in [0, 0.1) is 11.3 Å². The molecule has 2 N–H and O–H groups in total. The van der Waals surface area contributed by atoms with Crippen LogP contribution in [-0.2, 0) is 4.74 Å². The molecule has 2 nitrogen and oxygen atoms in total. The zero-order chi connectivity index (χ0) is 11.8. The first-order valence-corrected chi connectivity index (χ1v) is 7.40. The van der Waals surface area contributed by atoms with Gasteiger partial charge < -0.3 is 10.5 Å². The second-order valence-corrected chi connectivity index (χ2v) is 7.92. The third kappa shape index (κ3) is 2.93. The van der Waals surface area contributed by atoms with Crippen molar-refractivity contribution < 1.29 is 4.74 Å². The molecular formula is C13H25NOS. The van der Waals surface area contributed by atoms with Crippen LogP contribution in [0.5, 0.6) is 0 Å². The molecule has 2 fully saturated rings. The van der Waals surface area contributed by atoms with Crippen molar-refractivity contribution in [1.29, 1.82) is 0 Å². The zero-order valence-corrected chi connectivity index (χ0v) is 11.6. The number of thioether (sulfide) groups is 1. The topological polar surface area (TPSA) is 35.2 Å². The van der Waals surface area contributed by atoms with Crippen LogP contribution in [0.15, 0.2) is 0 Å². The molecule has 3 atom stereocenters. The molecule has 0 spiro atoms. The summed E-state index contributed by atoms with van der Waals surface area (Å²) in [7, 11) is 0. The molecule has 2 aliphatic rings. The minimum absolute atomic E-state index is 0.407. The highest BCUT2D eigenvalue weighted by atomic mass is 32.2. The van der Waals surface area contributed by atoms with E-state index < -0.39 is 0 Å². The molecule has 0 bridgehead atoms. The minimum atomic E-state index is 0.407. The Morgan fingerprint density at radius 2 is 1.88 bits per heavy atom. The van der Waals surface area contributed by atoms with Gasteiger partial charge in [-0.2, -0.15) is 0 Å². The van der Waals surface area contributed by atoms with E-state index >= 15 is 0 Å². The van der Waals surface area contributed by atoms with Crippen molar-refractivity contribution in [2.45, 2.75) is 56.6 Å². The SMILES string of the molecule is CC(C)(C)C1CCC(N)C(SC2COC2)C1. The maximum Gasteiger partial charge on any atom is 0.0608 e. The van der Waals surface area contributed by atoms with E-state index in [1.807, 2.05) is 0 Å². The molecule has 0 aromatic heterocycles. The van der Waals surface area contributed by atoms with Gasteiger partial charge in [0.15, 0.2) is 0 Å². The van der Waals surface area contributed by atoms with Crippen molar-refractivity contribution in [3.8, 4) is 0 Å². The Morgan fingerprint density at radius 3 is 2.38 bits per heavy atom. The van der Waals surface area contributed by atoms with E-state index in [9.17, 15) is 0 Å². The molecule has 3 heteroatoms. The van der Waals surface area contributed by atoms with Crippen LogP contribution in [0.1, 0.15) is 40.0 Å². The molecule has 0 aromatic carbocycles. The maximum atomic E-state index is 6.25. The molecule has 2 rings (SSSR count). The van der Waals surface area contributed by atoms with Crippen LogP contribution in [0.3, 0.4) is 0 Å². The molecule has 0 aromatic rings. The van der Waals surface area contributed by atoms with Gasteiger partial charge in [-0.15, -0.1) is 11.8 Å². The summed E-state index contributed by atoms with van der Waals surface area (Å²) < 4.78 is 5.24.